The molecule has 0 aliphatic carbocycles. The van der Waals surface area contributed by atoms with Crippen molar-refractivity contribution in [2.45, 2.75) is 259 Å². The molecule has 0 saturated heterocycles. The molecule has 0 aromatic carbocycles. The van der Waals surface area contributed by atoms with Gasteiger partial charge in [-0.1, -0.05) is 187 Å². The number of carbonyl (C=O) groups is 3. The molecule has 0 rings (SSSR count). The van der Waals surface area contributed by atoms with E-state index in [2.05, 4.69) is 52.0 Å². The van der Waals surface area contributed by atoms with Gasteiger partial charge in [-0.25, -0.2) is 0 Å². The monoisotopic (exact) mass is 789 g/mol. The van der Waals surface area contributed by atoms with E-state index in [1.165, 1.54) is 135 Å². The Morgan fingerprint density at radius 1 is 0.393 bits per heavy atom. The minimum Gasteiger partial charge on any atom is -0.462 e. The molecule has 0 fully saturated rings. The summed E-state index contributed by atoms with van der Waals surface area (Å²) in [7, 11) is 0. The fourth-order valence-electron chi connectivity index (χ4n) is 6.91. The van der Waals surface area contributed by atoms with Gasteiger partial charge in [0, 0.05) is 19.3 Å². The van der Waals surface area contributed by atoms with Crippen LogP contribution >= 0.6 is 0 Å². The van der Waals surface area contributed by atoms with E-state index in [1.54, 1.807) is 0 Å². The summed E-state index contributed by atoms with van der Waals surface area (Å²) in [6.07, 6.45) is 47.5. The summed E-state index contributed by atoms with van der Waals surface area (Å²) < 4.78 is 16.7. The highest BCUT2D eigenvalue weighted by atomic mass is 16.6. The molecule has 0 N–H and O–H groups in total. The van der Waals surface area contributed by atoms with E-state index >= 15 is 0 Å². The molecule has 0 aromatic rings. The number of ether oxygens (including phenoxy) is 3. The Morgan fingerprint density at radius 2 is 0.696 bits per heavy atom. The first-order valence-electron chi connectivity index (χ1n) is 24.2. The van der Waals surface area contributed by atoms with Crippen LogP contribution in [0, 0.1) is 5.92 Å². The van der Waals surface area contributed by atoms with Crippen molar-refractivity contribution in [3.8, 4) is 0 Å². The maximum atomic E-state index is 12.7. The van der Waals surface area contributed by atoms with Crippen LogP contribution in [-0.4, -0.2) is 37.2 Å². The first-order chi connectivity index (χ1) is 27.4. The highest BCUT2D eigenvalue weighted by Gasteiger charge is 2.19. The Morgan fingerprint density at radius 3 is 1.05 bits per heavy atom. The lowest BCUT2D eigenvalue weighted by Gasteiger charge is -2.18. The van der Waals surface area contributed by atoms with Gasteiger partial charge in [-0.05, 0) is 76.5 Å². The van der Waals surface area contributed by atoms with Crippen LogP contribution in [0.4, 0.5) is 0 Å². The predicted molar refractivity (Wildman–Crippen MR) is 238 cm³/mol. The lowest BCUT2D eigenvalue weighted by molar-refractivity contribution is -0.167. The van der Waals surface area contributed by atoms with Gasteiger partial charge < -0.3 is 14.2 Å². The van der Waals surface area contributed by atoms with Crippen molar-refractivity contribution in [2.75, 3.05) is 13.2 Å². The molecule has 0 heterocycles. The normalized spacial score (nSPS) is 12.2. The molecule has 1 atom stereocenters. The second-order valence-corrected chi connectivity index (χ2v) is 16.8. The maximum absolute atomic E-state index is 12.7. The smallest absolute Gasteiger partial charge is 0.306 e. The summed E-state index contributed by atoms with van der Waals surface area (Å²) >= 11 is 0. The Bertz CT molecular complexity index is 925. The number of esters is 3. The van der Waals surface area contributed by atoms with E-state index in [9.17, 15) is 14.4 Å². The first kappa shape index (κ1) is 53.9. The molecule has 0 aliphatic heterocycles. The molecule has 0 bridgehead atoms. The summed E-state index contributed by atoms with van der Waals surface area (Å²) in [6.45, 7) is 8.87. The summed E-state index contributed by atoms with van der Waals surface area (Å²) in [5, 5.41) is 0. The molecule has 0 spiro atoms. The third kappa shape index (κ3) is 43.0. The van der Waals surface area contributed by atoms with Crippen LogP contribution in [-0.2, 0) is 28.6 Å². The minimum atomic E-state index is -0.774. The quantitative estimate of drug-likeness (QED) is 0.0265. The molecule has 6 nitrogen and oxygen atoms in total. The van der Waals surface area contributed by atoms with Gasteiger partial charge in [-0.3, -0.25) is 14.4 Å². The van der Waals surface area contributed by atoms with E-state index in [0.29, 0.717) is 19.3 Å². The Labute approximate surface area is 347 Å². The van der Waals surface area contributed by atoms with Crippen molar-refractivity contribution >= 4 is 17.9 Å². The van der Waals surface area contributed by atoms with Gasteiger partial charge in [0.2, 0.25) is 0 Å². The Balaban J connectivity index is 4.33. The van der Waals surface area contributed by atoms with Crippen LogP contribution in [0.15, 0.2) is 24.3 Å². The molecule has 1 unspecified atom stereocenters. The van der Waals surface area contributed by atoms with Gasteiger partial charge in [0.05, 0.1) is 0 Å². The molecule has 6 heteroatoms. The van der Waals surface area contributed by atoms with Gasteiger partial charge in [0.25, 0.3) is 0 Å². The predicted octanol–water partition coefficient (Wildman–Crippen LogP) is 15.4. The molecule has 0 saturated carbocycles. The minimum absolute atomic E-state index is 0.0774. The lowest BCUT2D eigenvalue weighted by Crippen LogP contribution is -2.30. The average Bonchev–Trinajstić information content (AvgIpc) is 3.18. The van der Waals surface area contributed by atoms with Crippen molar-refractivity contribution < 1.29 is 28.6 Å². The highest BCUT2D eigenvalue weighted by Crippen LogP contribution is 2.15. The van der Waals surface area contributed by atoms with E-state index in [4.69, 9.17) is 14.2 Å². The van der Waals surface area contributed by atoms with Crippen LogP contribution < -0.4 is 0 Å². The SMILES string of the molecule is CCCCCCCC/C=C/CCCCCCCC(=O)OCC(COC(=O)CCCCCCCC(C)C)OC(=O)CCCCCCC/C=C/CCCCCCCC. The van der Waals surface area contributed by atoms with Crippen molar-refractivity contribution in [1.82, 2.24) is 0 Å². The molecule has 56 heavy (non-hydrogen) atoms. The summed E-state index contributed by atoms with van der Waals surface area (Å²) in [6, 6.07) is 0. The number of hydrogen-bond acceptors (Lipinski definition) is 6. The van der Waals surface area contributed by atoms with E-state index in [0.717, 1.165) is 76.5 Å². The van der Waals surface area contributed by atoms with Crippen molar-refractivity contribution in [3.05, 3.63) is 24.3 Å². The molecular weight excluding hydrogens is 697 g/mol. The standard InChI is InChI=1S/C50H92O6/c1-5-7-9-11-13-15-17-19-21-23-25-27-29-33-37-41-48(51)54-44-47(45-55-49(52)42-38-35-31-32-36-40-46(3)4)56-50(53)43-39-34-30-28-26-24-22-20-18-16-14-12-10-8-6-2/h19-22,46-47H,5-18,23-45H2,1-4H3/b21-19+,22-20+. The first-order valence-corrected chi connectivity index (χ1v) is 24.2. The maximum Gasteiger partial charge on any atom is 0.306 e. The largest absolute Gasteiger partial charge is 0.462 e. The molecule has 0 aliphatic rings. The number of allylic oxidation sites excluding steroid dienone is 4. The highest BCUT2D eigenvalue weighted by molar-refractivity contribution is 5.71. The van der Waals surface area contributed by atoms with Gasteiger partial charge in [0.1, 0.15) is 13.2 Å². The molecule has 328 valence electrons. The fraction of sp³-hybridized carbons (Fsp3) is 0.860. The molecule has 0 amide bonds. The number of rotatable bonds is 43. The molecule has 0 aromatic heterocycles. The number of hydrogen-bond donors (Lipinski definition) is 0. The van der Waals surface area contributed by atoms with Gasteiger partial charge in [-0.15, -0.1) is 0 Å². The summed E-state index contributed by atoms with van der Waals surface area (Å²) in [5.41, 5.74) is 0. The Hall–Kier alpha value is -2.11. The Kier molecular flexibility index (Phi) is 42.3. The van der Waals surface area contributed by atoms with Crippen molar-refractivity contribution in [1.29, 1.82) is 0 Å². The van der Waals surface area contributed by atoms with E-state index in [1.807, 2.05) is 0 Å². The third-order valence-electron chi connectivity index (χ3n) is 10.6. The fourth-order valence-corrected chi connectivity index (χ4v) is 6.91. The zero-order valence-corrected chi connectivity index (χ0v) is 37.6. The van der Waals surface area contributed by atoms with Crippen LogP contribution in [0.25, 0.3) is 0 Å². The van der Waals surface area contributed by atoms with Crippen LogP contribution in [0.5, 0.6) is 0 Å². The van der Waals surface area contributed by atoms with Crippen LogP contribution in [0.1, 0.15) is 252 Å². The van der Waals surface area contributed by atoms with Gasteiger partial charge in [0.15, 0.2) is 6.10 Å². The number of unbranched alkanes of at least 4 members (excludes halogenated alkanes) is 26. The van der Waals surface area contributed by atoms with Crippen molar-refractivity contribution in [2.24, 2.45) is 5.92 Å². The topological polar surface area (TPSA) is 78.9 Å². The lowest BCUT2D eigenvalue weighted by atomic mass is 10.0. The van der Waals surface area contributed by atoms with Crippen LogP contribution in [0.3, 0.4) is 0 Å². The second kappa shape index (κ2) is 44.0. The third-order valence-corrected chi connectivity index (χ3v) is 10.6. The summed E-state index contributed by atoms with van der Waals surface area (Å²) in [4.78, 5) is 37.7. The summed E-state index contributed by atoms with van der Waals surface area (Å²) in [5.74, 6) is -0.159. The number of carbonyl (C=O) groups excluding carboxylic acids is 3. The zero-order valence-electron chi connectivity index (χ0n) is 37.6. The zero-order chi connectivity index (χ0) is 41.0. The van der Waals surface area contributed by atoms with E-state index in [-0.39, 0.29) is 31.1 Å². The van der Waals surface area contributed by atoms with Gasteiger partial charge in [-0.2, -0.15) is 0 Å². The molecule has 0 radical (unpaired) electrons. The van der Waals surface area contributed by atoms with E-state index < -0.39 is 6.10 Å². The average molecular weight is 789 g/mol. The van der Waals surface area contributed by atoms with Crippen LogP contribution in [0.2, 0.25) is 0 Å². The van der Waals surface area contributed by atoms with Crippen molar-refractivity contribution in [3.63, 3.8) is 0 Å². The molecular formula is C50H92O6. The second-order valence-electron chi connectivity index (χ2n) is 16.8. The van der Waals surface area contributed by atoms with Gasteiger partial charge >= 0.3 is 17.9 Å².